The van der Waals surface area contributed by atoms with Crippen molar-refractivity contribution in [2.24, 2.45) is 0 Å². The lowest BCUT2D eigenvalue weighted by Gasteiger charge is -2.24. The fourth-order valence-electron chi connectivity index (χ4n) is 2.50. The molecule has 0 N–H and O–H groups in total. The van der Waals surface area contributed by atoms with Gasteiger partial charge in [0.2, 0.25) is 5.91 Å². The third-order valence-electron chi connectivity index (χ3n) is 3.61. The van der Waals surface area contributed by atoms with Crippen LogP contribution in [0.25, 0.3) is 0 Å². The van der Waals surface area contributed by atoms with E-state index in [1.54, 1.807) is 29.8 Å². The molecule has 0 bridgehead atoms. The summed E-state index contributed by atoms with van der Waals surface area (Å²) in [7, 11) is 1.62. The van der Waals surface area contributed by atoms with E-state index in [1.165, 1.54) is 12.1 Å². The number of benzene rings is 2. The predicted octanol–water partition coefficient (Wildman–Crippen LogP) is 3.61. The summed E-state index contributed by atoms with van der Waals surface area (Å²) in [6.07, 6.45) is 0. The normalized spacial score (nSPS) is 17.8. The molecule has 1 fully saturated rings. The molecule has 0 spiro atoms. The first-order chi connectivity index (χ1) is 10.7. The fourth-order valence-corrected chi connectivity index (χ4v) is 3.69. The highest BCUT2D eigenvalue weighted by Gasteiger charge is 2.32. The Kier molecular flexibility index (Phi) is 4.34. The SMILES string of the molecule is COc1ccc(C2SCC(=O)N2Cc2cccc(F)c2)cc1. The van der Waals surface area contributed by atoms with Crippen molar-refractivity contribution in [3.8, 4) is 5.75 Å². The first-order valence-corrected chi connectivity index (χ1v) is 8.02. The predicted molar refractivity (Wildman–Crippen MR) is 85.1 cm³/mol. The Morgan fingerprint density at radius 2 is 2.05 bits per heavy atom. The van der Waals surface area contributed by atoms with Gasteiger partial charge in [-0.1, -0.05) is 24.3 Å². The van der Waals surface area contributed by atoms with Gasteiger partial charge in [-0.2, -0.15) is 0 Å². The van der Waals surface area contributed by atoms with E-state index in [0.29, 0.717) is 12.3 Å². The third-order valence-corrected chi connectivity index (χ3v) is 4.87. The summed E-state index contributed by atoms with van der Waals surface area (Å²) in [5.41, 5.74) is 1.85. The summed E-state index contributed by atoms with van der Waals surface area (Å²) in [6.45, 7) is 0.417. The molecule has 5 heteroatoms. The lowest BCUT2D eigenvalue weighted by molar-refractivity contribution is -0.128. The van der Waals surface area contributed by atoms with Crippen molar-refractivity contribution in [2.75, 3.05) is 12.9 Å². The summed E-state index contributed by atoms with van der Waals surface area (Å²) in [6, 6.07) is 14.1. The maximum atomic E-state index is 13.3. The second-order valence-corrected chi connectivity index (χ2v) is 6.16. The monoisotopic (exact) mass is 317 g/mol. The van der Waals surface area contributed by atoms with Gasteiger partial charge in [0.25, 0.3) is 0 Å². The van der Waals surface area contributed by atoms with Crippen LogP contribution in [0.4, 0.5) is 4.39 Å². The van der Waals surface area contributed by atoms with E-state index in [9.17, 15) is 9.18 Å². The number of carbonyl (C=O) groups is 1. The molecule has 1 aliphatic rings. The molecule has 2 aromatic carbocycles. The van der Waals surface area contributed by atoms with E-state index in [2.05, 4.69) is 0 Å². The van der Waals surface area contributed by atoms with Crippen molar-refractivity contribution < 1.29 is 13.9 Å². The lowest BCUT2D eigenvalue weighted by atomic mass is 10.1. The van der Waals surface area contributed by atoms with E-state index in [-0.39, 0.29) is 17.1 Å². The van der Waals surface area contributed by atoms with Crippen LogP contribution in [0, 0.1) is 5.82 Å². The van der Waals surface area contributed by atoms with Crippen LogP contribution in [-0.2, 0) is 11.3 Å². The minimum atomic E-state index is -0.280. The van der Waals surface area contributed by atoms with Crippen molar-refractivity contribution in [1.82, 2.24) is 4.90 Å². The van der Waals surface area contributed by atoms with Crippen molar-refractivity contribution in [2.45, 2.75) is 11.9 Å². The summed E-state index contributed by atoms with van der Waals surface area (Å²) in [4.78, 5) is 13.9. The zero-order chi connectivity index (χ0) is 15.5. The largest absolute Gasteiger partial charge is 0.497 e. The van der Waals surface area contributed by atoms with Gasteiger partial charge in [-0.05, 0) is 35.4 Å². The van der Waals surface area contributed by atoms with Gasteiger partial charge in [-0.3, -0.25) is 4.79 Å². The van der Waals surface area contributed by atoms with E-state index >= 15 is 0 Å². The van der Waals surface area contributed by atoms with Crippen molar-refractivity contribution in [3.63, 3.8) is 0 Å². The molecule has 2 aromatic rings. The molecule has 1 saturated heterocycles. The molecule has 3 nitrogen and oxygen atoms in total. The number of halogens is 1. The van der Waals surface area contributed by atoms with Crippen LogP contribution >= 0.6 is 11.8 Å². The average molecular weight is 317 g/mol. The van der Waals surface area contributed by atoms with Gasteiger partial charge in [0.1, 0.15) is 16.9 Å². The van der Waals surface area contributed by atoms with Gasteiger partial charge in [0.05, 0.1) is 12.9 Å². The molecule has 0 aromatic heterocycles. The highest BCUT2D eigenvalue weighted by atomic mass is 32.2. The maximum Gasteiger partial charge on any atom is 0.234 e. The molecule has 1 atom stereocenters. The zero-order valence-electron chi connectivity index (χ0n) is 12.2. The number of nitrogens with zero attached hydrogens (tertiary/aromatic N) is 1. The molecular weight excluding hydrogens is 301 g/mol. The Labute approximate surface area is 133 Å². The average Bonchev–Trinajstić information content (AvgIpc) is 2.89. The number of ether oxygens (including phenoxy) is 1. The molecule has 114 valence electrons. The molecule has 22 heavy (non-hydrogen) atoms. The topological polar surface area (TPSA) is 29.5 Å². The summed E-state index contributed by atoms with van der Waals surface area (Å²) in [5.74, 6) is 1.04. The first kappa shape index (κ1) is 14.9. The number of thioether (sulfide) groups is 1. The lowest BCUT2D eigenvalue weighted by Crippen LogP contribution is -2.27. The number of methoxy groups -OCH3 is 1. The maximum absolute atomic E-state index is 13.3. The number of hydrogen-bond acceptors (Lipinski definition) is 3. The standard InChI is InChI=1S/C17H16FNO2S/c1-21-15-7-5-13(6-8-15)17-19(16(20)11-22-17)10-12-3-2-4-14(18)9-12/h2-9,17H,10-11H2,1H3. The fraction of sp³-hybridized carbons (Fsp3) is 0.235. The molecule has 1 unspecified atom stereocenters. The number of amides is 1. The number of rotatable bonds is 4. The Balaban J connectivity index is 1.82. The van der Waals surface area contributed by atoms with E-state index < -0.39 is 0 Å². The minimum absolute atomic E-state index is 0.0401. The van der Waals surface area contributed by atoms with Crippen LogP contribution in [0.15, 0.2) is 48.5 Å². The smallest absolute Gasteiger partial charge is 0.234 e. The van der Waals surface area contributed by atoms with Gasteiger partial charge in [-0.15, -0.1) is 11.8 Å². The number of carbonyl (C=O) groups excluding carboxylic acids is 1. The molecule has 0 radical (unpaired) electrons. The van der Waals surface area contributed by atoms with Gasteiger partial charge in [-0.25, -0.2) is 4.39 Å². The molecule has 3 rings (SSSR count). The van der Waals surface area contributed by atoms with Gasteiger partial charge < -0.3 is 9.64 Å². The molecule has 1 amide bonds. The molecule has 0 aliphatic carbocycles. The van der Waals surface area contributed by atoms with Gasteiger partial charge in [0.15, 0.2) is 0 Å². The summed E-state index contributed by atoms with van der Waals surface area (Å²) in [5, 5.41) is -0.0401. The number of hydrogen-bond donors (Lipinski definition) is 0. The molecule has 0 saturated carbocycles. The zero-order valence-corrected chi connectivity index (χ0v) is 13.0. The molecule has 1 aliphatic heterocycles. The van der Waals surface area contributed by atoms with Crippen LogP contribution in [0.5, 0.6) is 5.75 Å². The highest BCUT2D eigenvalue weighted by Crippen LogP contribution is 2.39. The third kappa shape index (κ3) is 3.09. The quantitative estimate of drug-likeness (QED) is 0.863. The van der Waals surface area contributed by atoms with Crippen LogP contribution in [-0.4, -0.2) is 23.7 Å². The van der Waals surface area contributed by atoms with Crippen molar-refractivity contribution in [3.05, 3.63) is 65.5 Å². The van der Waals surface area contributed by atoms with Crippen molar-refractivity contribution in [1.29, 1.82) is 0 Å². The van der Waals surface area contributed by atoms with Crippen LogP contribution in [0.3, 0.4) is 0 Å². The van der Waals surface area contributed by atoms with Crippen LogP contribution < -0.4 is 4.74 Å². The van der Waals surface area contributed by atoms with E-state index in [0.717, 1.165) is 16.9 Å². The van der Waals surface area contributed by atoms with Gasteiger partial charge >= 0.3 is 0 Å². The highest BCUT2D eigenvalue weighted by molar-refractivity contribution is 8.00. The van der Waals surface area contributed by atoms with Crippen LogP contribution in [0.1, 0.15) is 16.5 Å². The van der Waals surface area contributed by atoms with E-state index in [4.69, 9.17) is 4.74 Å². The van der Waals surface area contributed by atoms with Crippen LogP contribution in [0.2, 0.25) is 0 Å². The second-order valence-electron chi connectivity index (χ2n) is 5.09. The summed E-state index contributed by atoms with van der Waals surface area (Å²) >= 11 is 1.59. The minimum Gasteiger partial charge on any atom is -0.497 e. The summed E-state index contributed by atoms with van der Waals surface area (Å²) < 4.78 is 18.5. The Morgan fingerprint density at radius 1 is 1.27 bits per heavy atom. The second kappa shape index (κ2) is 6.40. The molecular formula is C17H16FNO2S. The Hall–Kier alpha value is -2.01. The van der Waals surface area contributed by atoms with E-state index in [1.807, 2.05) is 30.3 Å². The first-order valence-electron chi connectivity index (χ1n) is 6.97. The Bertz CT molecular complexity index is 675. The van der Waals surface area contributed by atoms with Crippen molar-refractivity contribution >= 4 is 17.7 Å². The Morgan fingerprint density at radius 3 is 2.73 bits per heavy atom. The molecule has 1 heterocycles. The van der Waals surface area contributed by atoms with Gasteiger partial charge in [0, 0.05) is 6.54 Å².